The topological polar surface area (TPSA) is 139 Å². The fourth-order valence-corrected chi connectivity index (χ4v) is 3.70. The van der Waals surface area contributed by atoms with E-state index in [1.807, 2.05) is 18.2 Å². The number of benzene rings is 2. The van der Waals surface area contributed by atoms with Gasteiger partial charge in [-0.3, -0.25) is 9.59 Å². The molecule has 0 saturated carbocycles. The minimum absolute atomic E-state index is 0.262. The second kappa shape index (κ2) is 13.3. The van der Waals surface area contributed by atoms with E-state index in [1.54, 1.807) is 24.7 Å². The number of hydrogen-bond acceptors (Lipinski definition) is 5. The van der Waals surface area contributed by atoms with E-state index in [0.717, 1.165) is 37.1 Å². The number of carbonyl (C=O) groups excluding carboxylic acids is 2. The second-order valence-corrected chi connectivity index (χ2v) is 8.33. The molecule has 3 rings (SSSR count). The van der Waals surface area contributed by atoms with E-state index in [9.17, 15) is 9.59 Å². The van der Waals surface area contributed by atoms with E-state index in [1.165, 1.54) is 5.56 Å². The first-order chi connectivity index (χ1) is 16.6. The van der Waals surface area contributed by atoms with Crippen LogP contribution in [0.5, 0.6) is 0 Å². The average Bonchev–Trinajstić information content (AvgIpc) is 3.38. The number of amides is 2. The molecule has 0 fully saturated rings. The highest BCUT2D eigenvalue weighted by molar-refractivity contribution is 5.90. The van der Waals surface area contributed by atoms with Crippen LogP contribution in [-0.2, 0) is 28.9 Å². The van der Waals surface area contributed by atoms with E-state index in [2.05, 4.69) is 44.9 Å². The van der Waals surface area contributed by atoms with Gasteiger partial charge in [0.05, 0.1) is 6.33 Å². The summed E-state index contributed by atoms with van der Waals surface area (Å²) >= 11 is 0. The van der Waals surface area contributed by atoms with Gasteiger partial charge in [-0.05, 0) is 48.9 Å². The van der Waals surface area contributed by atoms with Crippen molar-refractivity contribution >= 4 is 11.8 Å². The first kappa shape index (κ1) is 25.1. The number of H-pyrrole nitrogens is 1. The predicted molar refractivity (Wildman–Crippen MR) is 133 cm³/mol. The van der Waals surface area contributed by atoms with Gasteiger partial charge in [0, 0.05) is 24.9 Å². The molecule has 3 aromatic rings. The molecule has 2 atom stereocenters. The molecule has 0 saturated heterocycles. The Labute approximate surface area is 200 Å². The van der Waals surface area contributed by atoms with Gasteiger partial charge in [0.1, 0.15) is 12.1 Å². The Bertz CT molecular complexity index is 1010. The van der Waals surface area contributed by atoms with E-state index in [-0.39, 0.29) is 12.3 Å². The quantitative estimate of drug-likeness (QED) is 0.246. The van der Waals surface area contributed by atoms with Crippen LogP contribution in [0.4, 0.5) is 0 Å². The van der Waals surface area contributed by atoms with Crippen LogP contribution < -0.4 is 22.1 Å². The number of aromatic amines is 1. The third-order valence-electron chi connectivity index (χ3n) is 5.71. The number of carbonyl (C=O) groups is 2. The minimum atomic E-state index is -0.860. The lowest BCUT2D eigenvalue weighted by Crippen LogP contribution is -2.50. The highest BCUT2D eigenvalue weighted by atomic mass is 16.2. The number of hydrogen-bond donors (Lipinski definition) is 5. The van der Waals surface area contributed by atoms with Crippen LogP contribution in [-0.4, -0.2) is 40.9 Å². The number of nitrogens with two attached hydrogens (primary N) is 2. The van der Waals surface area contributed by atoms with Gasteiger partial charge in [-0.2, -0.15) is 0 Å². The maximum absolute atomic E-state index is 12.9. The third kappa shape index (κ3) is 7.83. The highest BCUT2D eigenvalue weighted by Gasteiger charge is 2.25. The highest BCUT2D eigenvalue weighted by Crippen LogP contribution is 2.11. The number of nitrogens with zero attached hydrogens (tertiary/aromatic N) is 1. The van der Waals surface area contributed by atoms with Crippen molar-refractivity contribution in [2.45, 2.75) is 44.2 Å². The lowest BCUT2D eigenvalue weighted by Gasteiger charge is -2.20. The summed E-state index contributed by atoms with van der Waals surface area (Å²) in [6, 6.07) is 15.9. The molecule has 8 heteroatoms. The van der Waals surface area contributed by atoms with Gasteiger partial charge in [0.25, 0.3) is 0 Å². The van der Waals surface area contributed by atoms with Crippen LogP contribution >= 0.6 is 0 Å². The van der Waals surface area contributed by atoms with Crippen molar-refractivity contribution in [3.8, 4) is 0 Å². The zero-order valence-corrected chi connectivity index (χ0v) is 19.4. The molecule has 1 heterocycles. The van der Waals surface area contributed by atoms with Crippen molar-refractivity contribution in [1.82, 2.24) is 20.6 Å². The number of nitrogens with one attached hydrogen (secondary N) is 3. The molecule has 0 spiro atoms. The fourth-order valence-electron chi connectivity index (χ4n) is 3.70. The van der Waals surface area contributed by atoms with Crippen LogP contribution in [0.1, 0.15) is 41.3 Å². The zero-order valence-electron chi connectivity index (χ0n) is 19.4. The lowest BCUT2D eigenvalue weighted by molar-refractivity contribution is -0.129. The molecule has 180 valence electrons. The summed E-state index contributed by atoms with van der Waals surface area (Å²) < 4.78 is 0. The second-order valence-electron chi connectivity index (χ2n) is 8.33. The van der Waals surface area contributed by atoms with Crippen molar-refractivity contribution in [2.75, 3.05) is 13.1 Å². The Morgan fingerprint density at radius 2 is 1.65 bits per heavy atom. The molecule has 2 aromatic carbocycles. The Kier molecular flexibility index (Phi) is 9.81. The molecule has 34 heavy (non-hydrogen) atoms. The van der Waals surface area contributed by atoms with Crippen LogP contribution in [0.15, 0.2) is 67.1 Å². The summed E-state index contributed by atoms with van der Waals surface area (Å²) in [6.07, 6.45) is 7.30. The Morgan fingerprint density at radius 1 is 0.941 bits per heavy atom. The maximum atomic E-state index is 12.9. The molecule has 7 N–H and O–H groups in total. The number of imidazole rings is 1. The largest absolute Gasteiger partial charge is 0.354 e. The standard InChI is InChI=1S/C26H34N6O2/c27-14-5-4-6-19-9-11-20(12-10-19)13-15-30-25(33)23(16-22-17-29-18-31-22)32-26(34)24(28)21-7-2-1-3-8-21/h1-3,7-12,17-18,23-24H,4-6,13-16,27-28H2,(H,29,31)(H,30,33)(H,32,34)/t23-,24+/m0/s1. The molecular weight excluding hydrogens is 428 g/mol. The molecule has 0 bridgehead atoms. The van der Waals surface area contributed by atoms with Crippen molar-refractivity contribution in [3.05, 3.63) is 89.5 Å². The summed E-state index contributed by atoms with van der Waals surface area (Å²) in [7, 11) is 0. The molecular formula is C26H34N6O2. The normalized spacial score (nSPS) is 12.6. The zero-order chi connectivity index (χ0) is 24.2. The average molecular weight is 463 g/mol. The molecule has 1 aromatic heterocycles. The molecule has 0 aliphatic rings. The van der Waals surface area contributed by atoms with Crippen molar-refractivity contribution in [1.29, 1.82) is 0 Å². The minimum Gasteiger partial charge on any atom is -0.354 e. The summed E-state index contributed by atoms with van der Waals surface area (Å²) in [5, 5.41) is 5.74. The lowest BCUT2D eigenvalue weighted by atomic mass is 10.0. The number of rotatable bonds is 13. The Morgan fingerprint density at radius 3 is 2.29 bits per heavy atom. The first-order valence-electron chi connectivity index (χ1n) is 11.7. The molecule has 0 aliphatic heterocycles. The van der Waals surface area contributed by atoms with Crippen LogP contribution in [0, 0.1) is 0 Å². The van der Waals surface area contributed by atoms with Gasteiger partial charge < -0.3 is 27.1 Å². The van der Waals surface area contributed by atoms with E-state index < -0.39 is 18.0 Å². The van der Waals surface area contributed by atoms with Crippen molar-refractivity contribution < 1.29 is 9.59 Å². The van der Waals surface area contributed by atoms with Crippen LogP contribution in [0.25, 0.3) is 0 Å². The van der Waals surface area contributed by atoms with E-state index >= 15 is 0 Å². The molecule has 0 aliphatic carbocycles. The maximum Gasteiger partial charge on any atom is 0.242 e. The Balaban J connectivity index is 1.54. The molecule has 0 unspecified atom stereocenters. The SMILES string of the molecule is NCCCCc1ccc(CCNC(=O)[C@H](Cc2cnc[nH]2)NC(=O)[C@H](N)c2ccccc2)cc1. The van der Waals surface area contributed by atoms with Crippen molar-refractivity contribution in [3.63, 3.8) is 0 Å². The van der Waals surface area contributed by atoms with Crippen molar-refractivity contribution in [2.24, 2.45) is 11.5 Å². The molecule has 8 nitrogen and oxygen atoms in total. The third-order valence-corrected chi connectivity index (χ3v) is 5.71. The van der Waals surface area contributed by atoms with E-state index in [4.69, 9.17) is 11.5 Å². The van der Waals surface area contributed by atoms with Crippen LogP contribution in [0.3, 0.4) is 0 Å². The van der Waals surface area contributed by atoms with Gasteiger partial charge in [-0.15, -0.1) is 0 Å². The Hall–Kier alpha value is -3.49. The smallest absolute Gasteiger partial charge is 0.242 e. The van der Waals surface area contributed by atoms with Gasteiger partial charge >= 0.3 is 0 Å². The number of aromatic nitrogens is 2. The van der Waals surface area contributed by atoms with Gasteiger partial charge in [-0.1, -0.05) is 54.6 Å². The summed E-state index contributed by atoms with van der Waals surface area (Å²) in [4.78, 5) is 32.7. The fraction of sp³-hybridized carbons (Fsp3) is 0.346. The van der Waals surface area contributed by atoms with Gasteiger partial charge in [0.15, 0.2) is 0 Å². The molecule has 0 radical (unpaired) electrons. The summed E-state index contributed by atoms with van der Waals surface area (Å²) in [5.74, 6) is -0.669. The van der Waals surface area contributed by atoms with Crippen LogP contribution in [0.2, 0.25) is 0 Å². The summed E-state index contributed by atoms with van der Waals surface area (Å²) in [5.41, 5.74) is 15.5. The van der Waals surface area contributed by atoms with Gasteiger partial charge in [-0.25, -0.2) is 4.98 Å². The predicted octanol–water partition coefficient (Wildman–Crippen LogP) is 1.78. The van der Waals surface area contributed by atoms with E-state index in [0.29, 0.717) is 18.5 Å². The monoisotopic (exact) mass is 462 g/mol. The van der Waals surface area contributed by atoms with Gasteiger partial charge in [0.2, 0.25) is 11.8 Å². The molecule has 2 amide bonds. The first-order valence-corrected chi connectivity index (χ1v) is 11.7. The summed E-state index contributed by atoms with van der Waals surface area (Å²) in [6.45, 7) is 1.18. The number of aryl methyl sites for hydroxylation is 1. The number of unbranched alkanes of at least 4 members (excludes halogenated alkanes) is 1.